The number of hydrogen-bond acceptors (Lipinski definition) is 4. The Kier molecular flexibility index (Phi) is 4.75. The van der Waals surface area contributed by atoms with E-state index in [4.69, 9.17) is 0 Å². The number of carbonyl (C=O) groups excluding carboxylic acids is 1. The van der Waals surface area contributed by atoms with Gasteiger partial charge in [-0.15, -0.1) is 0 Å². The van der Waals surface area contributed by atoms with Crippen molar-refractivity contribution in [2.24, 2.45) is 0 Å². The molecular formula is C23H19BrFN7O. The van der Waals surface area contributed by atoms with E-state index in [-0.39, 0.29) is 11.7 Å². The summed E-state index contributed by atoms with van der Waals surface area (Å²) in [6.45, 7) is 0.688. The number of nitrogens with one attached hydrogen (secondary N) is 1. The molecule has 1 N–H and O–H groups in total. The number of aromatic nitrogens is 6. The van der Waals surface area contributed by atoms with Crippen LogP contribution in [0.5, 0.6) is 0 Å². The van der Waals surface area contributed by atoms with Crippen LogP contribution in [0.4, 0.5) is 4.39 Å². The van der Waals surface area contributed by atoms with Crippen LogP contribution < -0.4 is 5.32 Å². The quantitative estimate of drug-likeness (QED) is 0.377. The lowest BCUT2D eigenvalue weighted by Gasteiger charge is -2.02. The predicted octanol–water partition coefficient (Wildman–Crippen LogP) is 3.94. The fourth-order valence-corrected chi connectivity index (χ4v) is 4.34. The molecule has 0 bridgehead atoms. The van der Waals surface area contributed by atoms with Crippen LogP contribution in [0.1, 0.15) is 46.1 Å². The lowest BCUT2D eigenvalue weighted by molar-refractivity contribution is 0.0950. The molecule has 1 amide bonds. The average Bonchev–Trinajstić information content (AvgIpc) is 3.21. The van der Waals surface area contributed by atoms with Gasteiger partial charge >= 0.3 is 0 Å². The maximum atomic E-state index is 14.3. The van der Waals surface area contributed by atoms with Crippen molar-refractivity contribution in [1.29, 1.82) is 0 Å². The van der Waals surface area contributed by atoms with Crippen LogP contribution in [-0.2, 0) is 13.1 Å². The molecular weight excluding hydrogens is 489 g/mol. The highest BCUT2D eigenvalue weighted by Crippen LogP contribution is 2.41. The van der Waals surface area contributed by atoms with Gasteiger partial charge in [0.05, 0.1) is 48.1 Å². The van der Waals surface area contributed by atoms with Gasteiger partial charge in [0.1, 0.15) is 11.5 Å². The smallest absolute Gasteiger partial charge is 0.254 e. The monoisotopic (exact) mass is 507 g/mol. The minimum absolute atomic E-state index is 0.196. The Morgan fingerprint density at radius 2 is 2.09 bits per heavy atom. The van der Waals surface area contributed by atoms with E-state index in [9.17, 15) is 9.18 Å². The predicted molar refractivity (Wildman–Crippen MR) is 123 cm³/mol. The van der Waals surface area contributed by atoms with Gasteiger partial charge < -0.3 is 14.1 Å². The molecule has 166 valence electrons. The van der Waals surface area contributed by atoms with E-state index in [0.29, 0.717) is 30.2 Å². The van der Waals surface area contributed by atoms with Crippen molar-refractivity contribution in [2.45, 2.75) is 31.8 Å². The molecule has 0 unspecified atom stereocenters. The van der Waals surface area contributed by atoms with Crippen molar-refractivity contribution in [2.75, 3.05) is 0 Å². The second-order valence-electron chi connectivity index (χ2n) is 8.29. The van der Waals surface area contributed by atoms with Crippen LogP contribution in [0.2, 0.25) is 0 Å². The number of imidazole rings is 2. The summed E-state index contributed by atoms with van der Waals surface area (Å²) in [5.74, 6) is -0.101. The van der Waals surface area contributed by atoms with E-state index < -0.39 is 0 Å². The third kappa shape index (κ3) is 3.91. The van der Waals surface area contributed by atoms with Crippen molar-refractivity contribution in [1.82, 2.24) is 33.9 Å². The Balaban J connectivity index is 1.14. The standard InChI is InChI=1S/C23H19BrFN7O/c24-16-3-4-30-13-27-20(21(30)5-16)8-26-23(33)15-7-28-32(9-15)11-17-10-31-12-18(14-1-2-14)19(25)6-22(31)29-17/h3-7,9-10,12-14H,1-2,8,11H2,(H,26,33). The number of hydrogen-bond donors (Lipinski definition) is 1. The molecule has 5 aromatic rings. The lowest BCUT2D eigenvalue weighted by Crippen LogP contribution is -2.22. The minimum atomic E-state index is -0.233. The summed E-state index contributed by atoms with van der Waals surface area (Å²) in [4.78, 5) is 21.5. The number of pyridine rings is 2. The molecule has 33 heavy (non-hydrogen) atoms. The first kappa shape index (κ1) is 20.1. The molecule has 1 aliphatic carbocycles. The number of amides is 1. The van der Waals surface area contributed by atoms with E-state index >= 15 is 0 Å². The van der Waals surface area contributed by atoms with Crippen molar-refractivity contribution in [3.8, 4) is 0 Å². The first-order valence-electron chi connectivity index (χ1n) is 10.6. The zero-order valence-electron chi connectivity index (χ0n) is 17.4. The summed E-state index contributed by atoms with van der Waals surface area (Å²) >= 11 is 3.46. The van der Waals surface area contributed by atoms with Gasteiger partial charge in [0.2, 0.25) is 0 Å². The molecule has 0 atom stereocenters. The summed E-state index contributed by atoms with van der Waals surface area (Å²) in [7, 11) is 0. The summed E-state index contributed by atoms with van der Waals surface area (Å²) in [5, 5.41) is 7.18. The zero-order valence-corrected chi connectivity index (χ0v) is 19.0. The topological polar surface area (TPSA) is 81.5 Å². The SMILES string of the molecule is O=C(NCc1ncn2ccc(Br)cc12)c1cnn(Cc2cn3cc(C4CC4)c(F)cc3n2)c1. The summed E-state index contributed by atoms with van der Waals surface area (Å²) in [5.41, 5.74) is 4.21. The molecule has 0 spiro atoms. The summed E-state index contributed by atoms with van der Waals surface area (Å²) in [6.07, 6.45) is 12.6. The van der Waals surface area contributed by atoms with E-state index in [0.717, 1.165) is 39.8 Å². The van der Waals surface area contributed by atoms with E-state index in [1.54, 1.807) is 17.2 Å². The normalized spacial score (nSPS) is 13.8. The Morgan fingerprint density at radius 3 is 2.94 bits per heavy atom. The maximum absolute atomic E-state index is 14.3. The molecule has 0 aromatic carbocycles. The van der Waals surface area contributed by atoms with Crippen molar-refractivity contribution >= 4 is 33.0 Å². The Morgan fingerprint density at radius 1 is 1.21 bits per heavy atom. The molecule has 6 rings (SSSR count). The van der Waals surface area contributed by atoms with Gasteiger partial charge in [0, 0.05) is 40.9 Å². The highest BCUT2D eigenvalue weighted by atomic mass is 79.9. The van der Waals surface area contributed by atoms with Crippen LogP contribution in [0.15, 0.2) is 60.0 Å². The first-order chi connectivity index (χ1) is 16.0. The van der Waals surface area contributed by atoms with E-state index in [1.807, 2.05) is 39.5 Å². The third-order valence-electron chi connectivity index (χ3n) is 5.85. The van der Waals surface area contributed by atoms with E-state index in [2.05, 4.69) is 36.3 Å². The van der Waals surface area contributed by atoms with Gasteiger partial charge in [-0.3, -0.25) is 9.48 Å². The fraction of sp³-hybridized carbons (Fsp3) is 0.217. The fourth-order valence-electron chi connectivity index (χ4n) is 4.00. The molecule has 10 heteroatoms. The van der Waals surface area contributed by atoms with Gasteiger partial charge in [-0.05, 0) is 30.9 Å². The molecule has 8 nitrogen and oxygen atoms in total. The van der Waals surface area contributed by atoms with Crippen molar-refractivity contribution < 1.29 is 9.18 Å². The molecule has 1 fully saturated rings. The van der Waals surface area contributed by atoms with Gasteiger partial charge in [-0.1, -0.05) is 15.9 Å². The van der Waals surface area contributed by atoms with Gasteiger partial charge in [0.15, 0.2) is 0 Å². The molecule has 0 radical (unpaired) electrons. The summed E-state index contributed by atoms with van der Waals surface area (Å²) in [6, 6.07) is 5.37. The molecule has 5 aromatic heterocycles. The Bertz CT molecular complexity index is 1510. The van der Waals surface area contributed by atoms with Crippen molar-refractivity contribution in [3.63, 3.8) is 0 Å². The molecule has 1 saturated carbocycles. The Hall–Kier alpha value is -3.53. The molecule has 5 heterocycles. The van der Waals surface area contributed by atoms with E-state index in [1.165, 1.54) is 12.3 Å². The number of carbonyl (C=O) groups is 1. The second-order valence-corrected chi connectivity index (χ2v) is 9.20. The number of halogens is 2. The molecule has 0 aliphatic heterocycles. The number of fused-ring (bicyclic) bond motifs is 2. The van der Waals surface area contributed by atoms with Crippen LogP contribution >= 0.6 is 15.9 Å². The van der Waals surface area contributed by atoms with Crippen LogP contribution in [0.25, 0.3) is 11.2 Å². The highest BCUT2D eigenvalue weighted by Gasteiger charge is 2.27. The molecule has 0 saturated heterocycles. The summed E-state index contributed by atoms with van der Waals surface area (Å²) < 4.78 is 20.7. The van der Waals surface area contributed by atoms with Gasteiger partial charge in [-0.2, -0.15) is 5.10 Å². The van der Waals surface area contributed by atoms with Crippen molar-refractivity contribution in [3.05, 3.63) is 88.3 Å². The zero-order chi connectivity index (χ0) is 22.5. The highest BCUT2D eigenvalue weighted by molar-refractivity contribution is 9.10. The largest absolute Gasteiger partial charge is 0.346 e. The number of nitrogens with zero attached hydrogens (tertiary/aromatic N) is 6. The van der Waals surface area contributed by atoms with Crippen LogP contribution in [-0.4, -0.2) is 34.5 Å². The van der Waals surface area contributed by atoms with Crippen LogP contribution in [0.3, 0.4) is 0 Å². The minimum Gasteiger partial charge on any atom is -0.346 e. The second kappa shape index (κ2) is 7.80. The average molecular weight is 508 g/mol. The third-order valence-corrected chi connectivity index (χ3v) is 6.35. The lowest BCUT2D eigenvalue weighted by atomic mass is 10.2. The van der Waals surface area contributed by atoms with Gasteiger partial charge in [-0.25, -0.2) is 14.4 Å². The molecule has 1 aliphatic rings. The Labute approximate surface area is 196 Å². The maximum Gasteiger partial charge on any atom is 0.254 e. The first-order valence-corrected chi connectivity index (χ1v) is 11.4. The van der Waals surface area contributed by atoms with Gasteiger partial charge in [0.25, 0.3) is 5.91 Å². The number of rotatable bonds is 6. The van der Waals surface area contributed by atoms with Crippen LogP contribution in [0, 0.1) is 5.82 Å².